The number of carbonyl (C=O) groups excluding carboxylic acids is 1. The monoisotopic (exact) mass is 284 g/mol. The minimum absolute atomic E-state index is 0.147. The largest absolute Gasteiger partial charge is 0.505 e. The van der Waals surface area contributed by atoms with Crippen LogP contribution in [0, 0.1) is 6.92 Å². The van der Waals surface area contributed by atoms with Crippen LogP contribution in [-0.2, 0) is 6.54 Å². The lowest BCUT2D eigenvalue weighted by molar-refractivity contribution is 0.0749. The summed E-state index contributed by atoms with van der Waals surface area (Å²) in [6.45, 7) is 5.00. The van der Waals surface area contributed by atoms with Crippen molar-refractivity contribution in [2.24, 2.45) is 0 Å². The number of nitrogen functional groups attached to an aromatic ring is 1. The number of nitrogens with zero attached hydrogens (tertiary/aromatic N) is 1. The summed E-state index contributed by atoms with van der Waals surface area (Å²) in [4.78, 5) is 14.3. The van der Waals surface area contributed by atoms with Crippen LogP contribution in [0.1, 0.15) is 28.4 Å². The molecule has 0 aliphatic carbocycles. The summed E-state index contributed by atoms with van der Waals surface area (Å²) >= 11 is 0. The van der Waals surface area contributed by atoms with E-state index >= 15 is 0 Å². The van der Waals surface area contributed by atoms with Gasteiger partial charge < -0.3 is 15.7 Å². The Morgan fingerprint density at radius 1 is 1.19 bits per heavy atom. The number of benzene rings is 2. The average Bonchev–Trinajstić information content (AvgIpc) is 2.48. The van der Waals surface area contributed by atoms with Crippen molar-refractivity contribution < 1.29 is 9.90 Å². The van der Waals surface area contributed by atoms with Gasteiger partial charge in [-0.05, 0) is 37.1 Å². The van der Waals surface area contributed by atoms with Crippen molar-refractivity contribution >= 4 is 11.6 Å². The first-order valence-corrected chi connectivity index (χ1v) is 6.95. The van der Waals surface area contributed by atoms with E-state index in [0.717, 1.165) is 11.1 Å². The van der Waals surface area contributed by atoms with Crippen molar-refractivity contribution in [2.75, 3.05) is 12.3 Å². The number of amides is 1. The molecule has 4 nitrogen and oxygen atoms in total. The zero-order chi connectivity index (χ0) is 15.4. The molecule has 0 atom stereocenters. The Hall–Kier alpha value is -2.49. The molecule has 0 saturated carbocycles. The molecular weight excluding hydrogens is 264 g/mol. The number of hydrogen-bond donors (Lipinski definition) is 2. The fraction of sp³-hybridized carbons (Fsp3) is 0.235. The van der Waals surface area contributed by atoms with E-state index in [-0.39, 0.29) is 22.9 Å². The molecule has 0 radical (unpaired) electrons. The lowest BCUT2D eigenvalue weighted by Gasteiger charge is -2.22. The van der Waals surface area contributed by atoms with Gasteiger partial charge in [0.2, 0.25) is 0 Å². The molecule has 2 aromatic carbocycles. The van der Waals surface area contributed by atoms with E-state index in [1.54, 1.807) is 23.1 Å². The molecule has 3 N–H and O–H groups in total. The summed E-state index contributed by atoms with van der Waals surface area (Å²) < 4.78 is 0. The maximum atomic E-state index is 12.6. The Balaban J connectivity index is 2.27. The van der Waals surface area contributed by atoms with Crippen molar-refractivity contribution in [3.05, 3.63) is 59.2 Å². The Morgan fingerprint density at radius 2 is 1.90 bits per heavy atom. The maximum Gasteiger partial charge on any atom is 0.257 e. The van der Waals surface area contributed by atoms with Crippen LogP contribution in [0.2, 0.25) is 0 Å². The Kier molecular flexibility index (Phi) is 4.48. The second-order valence-electron chi connectivity index (χ2n) is 4.99. The minimum Gasteiger partial charge on any atom is -0.505 e. The van der Waals surface area contributed by atoms with Crippen LogP contribution < -0.4 is 5.73 Å². The van der Waals surface area contributed by atoms with Crippen molar-refractivity contribution in [2.45, 2.75) is 20.4 Å². The number of anilines is 1. The van der Waals surface area contributed by atoms with Crippen molar-refractivity contribution in [1.29, 1.82) is 0 Å². The normalized spacial score (nSPS) is 10.4. The summed E-state index contributed by atoms with van der Waals surface area (Å²) in [6.07, 6.45) is 0. The fourth-order valence-corrected chi connectivity index (χ4v) is 2.22. The fourth-order valence-electron chi connectivity index (χ4n) is 2.22. The van der Waals surface area contributed by atoms with Gasteiger partial charge in [-0.2, -0.15) is 0 Å². The summed E-state index contributed by atoms with van der Waals surface area (Å²) in [5.74, 6) is -0.365. The molecule has 4 heteroatoms. The van der Waals surface area contributed by atoms with E-state index < -0.39 is 0 Å². The number of nitrogens with two attached hydrogens (primary N) is 1. The second kappa shape index (κ2) is 6.31. The van der Waals surface area contributed by atoms with Crippen molar-refractivity contribution in [3.8, 4) is 5.75 Å². The number of rotatable bonds is 4. The molecule has 0 aromatic heterocycles. The third-order valence-corrected chi connectivity index (χ3v) is 3.59. The van der Waals surface area contributed by atoms with Crippen LogP contribution in [0.5, 0.6) is 5.75 Å². The first-order valence-electron chi connectivity index (χ1n) is 6.95. The van der Waals surface area contributed by atoms with Gasteiger partial charge in [0.25, 0.3) is 5.91 Å². The Morgan fingerprint density at radius 3 is 2.57 bits per heavy atom. The molecule has 0 fully saturated rings. The summed E-state index contributed by atoms with van der Waals surface area (Å²) in [5, 5.41) is 9.96. The Labute approximate surface area is 124 Å². The second-order valence-corrected chi connectivity index (χ2v) is 4.99. The molecule has 110 valence electrons. The van der Waals surface area contributed by atoms with Gasteiger partial charge in [0.1, 0.15) is 0 Å². The molecule has 1 amide bonds. The summed E-state index contributed by atoms with van der Waals surface area (Å²) in [7, 11) is 0. The molecular formula is C17H20N2O2. The van der Waals surface area contributed by atoms with E-state index in [4.69, 9.17) is 5.73 Å². The average molecular weight is 284 g/mol. The number of phenols is 1. The number of aromatic hydroxyl groups is 1. The van der Waals surface area contributed by atoms with Gasteiger partial charge in [-0.25, -0.2) is 0 Å². The highest BCUT2D eigenvalue weighted by Gasteiger charge is 2.19. The van der Waals surface area contributed by atoms with Crippen LogP contribution in [0.25, 0.3) is 0 Å². The summed E-state index contributed by atoms with van der Waals surface area (Å²) in [5.41, 5.74) is 8.35. The third-order valence-electron chi connectivity index (χ3n) is 3.59. The topological polar surface area (TPSA) is 66.6 Å². The van der Waals surface area contributed by atoms with E-state index in [2.05, 4.69) is 0 Å². The lowest BCUT2D eigenvalue weighted by atomic mass is 10.1. The van der Waals surface area contributed by atoms with E-state index in [1.807, 2.05) is 38.1 Å². The first-order chi connectivity index (χ1) is 10.0. The highest BCUT2D eigenvalue weighted by atomic mass is 16.3. The van der Waals surface area contributed by atoms with Crippen LogP contribution in [0.3, 0.4) is 0 Å². The van der Waals surface area contributed by atoms with Crippen molar-refractivity contribution in [1.82, 2.24) is 4.90 Å². The molecule has 0 unspecified atom stereocenters. The quantitative estimate of drug-likeness (QED) is 0.670. The molecule has 2 aromatic rings. The van der Waals surface area contributed by atoms with Crippen LogP contribution in [-0.4, -0.2) is 22.5 Å². The highest BCUT2D eigenvalue weighted by molar-refractivity contribution is 5.98. The molecule has 0 aliphatic heterocycles. The molecule has 0 heterocycles. The van der Waals surface area contributed by atoms with E-state index in [1.165, 1.54) is 0 Å². The van der Waals surface area contributed by atoms with Gasteiger partial charge in [-0.3, -0.25) is 4.79 Å². The Bertz CT molecular complexity index is 653. The minimum atomic E-state index is -0.217. The summed E-state index contributed by atoms with van der Waals surface area (Å²) in [6, 6.07) is 12.8. The van der Waals surface area contributed by atoms with Gasteiger partial charge in [0.05, 0.1) is 11.3 Å². The van der Waals surface area contributed by atoms with Gasteiger partial charge in [-0.15, -0.1) is 0 Å². The van der Waals surface area contributed by atoms with Gasteiger partial charge >= 0.3 is 0 Å². The van der Waals surface area contributed by atoms with Gasteiger partial charge in [0, 0.05) is 13.1 Å². The van der Waals surface area contributed by atoms with Crippen LogP contribution in [0.15, 0.2) is 42.5 Å². The number of hydrogen-bond acceptors (Lipinski definition) is 3. The van der Waals surface area contributed by atoms with Crippen molar-refractivity contribution in [3.63, 3.8) is 0 Å². The van der Waals surface area contributed by atoms with E-state index in [0.29, 0.717) is 13.1 Å². The highest BCUT2D eigenvalue weighted by Crippen LogP contribution is 2.26. The molecule has 2 rings (SSSR count). The molecule has 0 saturated heterocycles. The van der Waals surface area contributed by atoms with E-state index in [9.17, 15) is 9.90 Å². The zero-order valence-electron chi connectivity index (χ0n) is 12.3. The third kappa shape index (κ3) is 3.16. The smallest absolute Gasteiger partial charge is 0.257 e. The number of para-hydroxylation sites is 1. The van der Waals surface area contributed by atoms with Crippen LogP contribution >= 0.6 is 0 Å². The maximum absolute atomic E-state index is 12.6. The predicted octanol–water partition coefficient (Wildman–Crippen LogP) is 2.95. The zero-order valence-corrected chi connectivity index (χ0v) is 12.3. The molecule has 0 aliphatic rings. The molecule has 21 heavy (non-hydrogen) atoms. The standard InChI is InChI=1S/C17H20N2O2/c1-3-19(11-13-8-5-4-7-12(13)2)17(21)14-9-6-10-15(18)16(14)20/h4-10,20H,3,11,18H2,1-2H3. The number of carbonyl (C=O) groups is 1. The predicted molar refractivity (Wildman–Crippen MR) is 84.1 cm³/mol. The first kappa shape index (κ1) is 14.9. The van der Waals surface area contributed by atoms with Crippen LogP contribution in [0.4, 0.5) is 5.69 Å². The SMILES string of the molecule is CCN(Cc1ccccc1C)C(=O)c1cccc(N)c1O. The molecule has 0 spiro atoms. The van der Waals surface area contributed by atoms with Gasteiger partial charge in [-0.1, -0.05) is 30.3 Å². The van der Waals surface area contributed by atoms with Gasteiger partial charge in [0.15, 0.2) is 5.75 Å². The number of phenolic OH excluding ortho intramolecular Hbond substituents is 1. The number of aryl methyl sites for hydroxylation is 1. The lowest BCUT2D eigenvalue weighted by Crippen LogP contribution is -2.30. The molecule has 0 bridgehead atoms.